The van der Waals surface area contributed by atoms with E-state index in [-0.39, 0.29) is 11.7 Å². The summed E-state index contributed by atoms with van der Waals surface area (Å²) < 4.78 is 1.64. The zero-order valence-electron chi connectivity index (χ0n) is 13.2. The Hall–Kier alpha value is -3.20. The van der Waals surface area contributed by atoms with Crippen LogP contribution in [0.5, 0.6) is 0 Å². The van der Waals surface area contributed by atoms with Gasteiger partial charge in [0.15, 0.2) is 5.78 Å². The van der Waals surface area contributed by atoms with Crippen LogP contribution in [-0.2, 0) is 0 Å². The summed E-state index contributed by atoms with van der Waals surface area (Å²) in [6.07, 6.45) is 0. The number of rotatable bonds is 2. The third-order valence-corrected chi connectivity index (χ3v) is 4.29. The number of benzene rings is 3. The van der Waals surface area contributed by atoms with Crippen LogP contribution in [0.3, 0.4) is 0 Å². The zero-order chi connectivity index (χ0) is 16.7. The second kappa shape index (κ2) is 5.46. The van der Waals surface area contributed by atoms with Crippen LogP contribution in [0, 0.1) is 0 Å². The molecule has 0 aliphatic carbocycles. The standard InChI is InChI=1S/C21H15NO2/c1-14(23)22-19-13-6-5-10-16(19)17-11-7-12-18(20(17)22)21(24)15-8-3-2-4-9-15/h2-13H,1H3. The summed E-state index contributed by atoms with van der Waals surface area (Å²) in [6, 6.07) is 22.5. The van der Waals surface area contributed by atoms with Crippen molar-refractivity contribution in [3.05, 3.63) is 83.9 Å². The minimum atomic E-state index is -0.102. The number of aromatic nitrogens is 1. The maximum Gasteiger partial charge on any atom is 0.228 e. The largest absolute Gasteiger partial charge is 0.289 e. The van der Waals surface area contributed by atoms with Gasteiger partial charge < -0.3 is 0 Å². The summed E-state index contributed by atoms with van der Waals surface area (Å²) in [5, 5.41) is 1.90. The first-order chi connectivity index (χ1) is 11.7. The Morgan fingerprint density at radius 1 is 0.750 bits per heavy atom. The van der Waals surface area contributed by atoms with Crippen molar-refractivity contribution in [2.45, 2.75) is 6.92 Å². The number of carbonyl (C=O) groups is 2. The van der Waals surface area contributed by atoms with E-state index in [4.69, 9.17) is 0 Å². The fraction of sp³-hybridized carbons (Fsp3) is 0.0476. The lowest BCUT2D eigenvalue weighted by atomic mass is 10.0. The van der Waals surface area contributed by atoms with E-state index < -0.39 is 0 Å². The normalized spacial score (nSPS) is 11.0. The third kappa shape index (κ3) is 2.06. The molecule has 0 saturated heterocycles. The van der Waals surface area contributed by atoms with Gasteiger partial charge >= 0.3 is 0 Å². The lowest BCUT2D eigenvalue weighted by Crippen LogP contribution is -2.09. The maximum atomic E-state index is 13.0. The smallest absolute Gasteiger partial charge is 0.228 e. The number of hydrogen-bond acceptors (Lipinski definition) is 2. The molecule has 0 radical (unpaired) electrons. The second-order valence-electron chi connectivity index (χ2n) is 5.77. The fourth-order valence-corrected chi connectivity index (χ4v) is 3.27. The predicted octanol–water partition coefficient (Wildman–Crippen LogP) is 4.69. The van der Waals surface area contributed by atoms with Crippen molar-refractivity contribution in [3.8, 4) is 0 Å². The van der Waals surface area contributed by atoms with Crippen LogP contribution in [0.15, 0.2) is 72.8 Å². The Bertz CT molecular complexity index is 1090. The van der Waals surface area contributed by atoms with Gasteiger partial charge in [0, 0.05) is 28.8 Å². The maximum absolute atomic E-state index is 13.0. The summed E-state index contributed by atoms with van der Waals surface area (Å²) in [6.45, 7) is 1.52. The molecule has 0 spiro atoms. The molecule has 1 heterocycles. The number of nitrogens with zero attached hydrogens (tertiary/aromatic N) is 1. The van der Waals surface area contributed by atoms with Gasteiger partial charge in [0.1, 0.15) is 0 Å². The molecule has 0 atom stereocenters. The van der Waals surface area contributed by atoms with Crippen LogP contribution < -0.4 is 0 Å². The van der Waals surface area contributed by atoms with Gasteiger partial charge in [-0.25, -0.2) is 0 Å². The highest BCUT2D eigenvalue weighted by molar-refractivity contribution is 6.22. The molecule has 0 amide bonds. The van der Waals surface area contributed by atoms with E-state index in [1.165, 1.54) is 6.92 Å². The minimum absolute atomic E-state index is 0.0773. The van der Waals surface area contributed by atoms with Crippen LogP contribution in [0.4, 0.5) is 0 Å². The van der Waals surface area contributed by atoms with Gasteiger partial charge in [-0.15, -0.1) is 0 Å². The van der Waals surface area contributed by atoms with E-state index in [0.717, 1.165) is 16.3 Å². The molecule has 0 N–H and O–H groups in total. The minimum Gasteiger partial charge on any atom is -0.289 e. The monoisotopic (exact) mass is 313 g/mol. The van der Waals surface area contributed by atoms with Crippen molar-refractivity contribution in [3.63, 3.8) is 0 Å². The quantitative estimate of drug-likeness (QED) is 0.504. The first-order valence-electron chi connectivity index (χ1n) is 7.81. The van der Waals surface area contributed by atoms with E-state index in [1.807, 2.05) is 54.6 Å². The molecule has 3 nitrogen and oxygen atoms in total. The Labute approximate surface area is 139 Å². The topological polar surface area (TPSA) is 39.1 Å². The molecule has 0 aliphatic rings. The third-order valence-electron chi connectivity index (χ3n) is 4.29. The van der Waals surface area contributed by atoms with Gasteiger partial charge in [0.05, 0.1) is 11.0 Å². The number of carbonyl (C=O) groups excluding carboxylic acids is 2. The highest BCUT2D eigenvalue weighted by Gasteiger charge is 2.20. The van der Waals surface area contributed by atoms with E-state index in [2.05, 4.69) is 0 Å². The average molecular weight is 313 g/mol. The van der Waals surface area contributed by atoms with Gasteiger partial charge in [0.25, 0.3) is 0 Å². The van der Waals surface area contributed by atoms with Crippen molar-refractivity contribution in [2.75, 3.05) is 0 Å². The van der Waals surface area contributed by atoms with E-state index >= 15 is 0 Å². The molecule has 0 saturated carbocycles. The van der Waals surface area contributed by atoms with Crippen LogP contribution >= 0.6 is 0 Å². The molecule has 0 bridgehead atoms. The molecule has 116 valence electrons. The molecule has 24 heavy (non-hydrogen) atoms. The van der Waals surface area contributed by atoms with Crippen molar-refractivity contribution < 1.29 is 9.59 Å². The van der Waals surface area contributed by atoms with Gasteiger partial charge in [-0.2, -0.15) is 0 Å². The lowest BCUT2D eigenvalue weighted by molar-refractivity contribution is 0.0946. The fourth-order valence-electron chi connectivity index (χ4n) is 3.27. The van der Waals surface area contributed by atoms with Crippen LogP contribution in [-0.4, -0.2) is 16.3 Å². The Balaban J connectivity index is 2.11. The molecule has 0 unspecified atom stereocenters. The van der Waals surface area contributed by atoms with Crippen LogP contribution in [0.2, 0.25) is 0 Å². The van der Waals surface area contributed by atoms with Crippen molar-refractivity contribution in [2.24, 2.45) is 0 Å². The SMILES string of the molecule is CC(=O)n1c2ccccc2c2cccc(C(=O)c3ccccc3)c21. The zero-order valence-corrected chi connectivity index (χ0v) is 13.2. The Morgan fingerprint density at radius 2 is 1.42 bits per heavy atom. The van der Waals surface area contributed by atoms with E-state index in [0.29, 0.717) is 16.6 Å². The van der Waals surface area contributed by atoms with Crippen LogP contribution in [0.25, 0.3) is 21.8 Å². The summed E-state index contributed by atoms with van der Waals surface area (Å²) in [7, 11) is 0. The Morgan fingerprint density at radius 3 is 2.17 bits per heavy atom. The summed E-state index contributed by atoms with van der Waals surface area (Å²) >= 11 is 0. The first-order valence-corrected chi connectivity index (χ1v) is 7.81. The Kier molecular flexibility index (Phi) is 3.28. The van der Waals surface area contributed by atoms with E-state index in [9.17, 15) is 9.59 Å². The summed E-state index contributed by atoms with van der Waals surface area (Å²) in [5.74, 6) is -0.180. The molecule has 3 aromatic carbocycles. The molecule has 4 rings (SSSR count). The second-order valence-corrected chi connectivity index (χ2v) is 5.77. The number of fused-ring (bicyclic) bond motifs is 3. The average Bonchev–Trinajstić information content (AvgIpc) is 2.96. The number of para-hydroxylation sites is 2. The molecular formula is C21H15NO2. The van der Waals surface area contributed by atoms with Gasteiger partial charge in [-0.1, -0.05) is 60.7 Å². The molecule has 1 aromatic heterocycles. The van der Waals surface area contributed by atoms with Gasteiger partial charge in [0.2, 0.25) is 5.91 Å². The lowest BCUT2D eigenvalue weighted by Gasteiger charge is -2.07. The molecule has 3 heteroatoms. The predicted molar refractivity (Wildman–Crippen MR) is 95.6 cm³/mol. The molecule has 0 aliphatic heterocycles. The van der Waals surface area contributed by atoms with E-state index in [1.54, 1.807) is 22.8 Å². The molecule has 4 aromatic rings. The van der Waals surface area contributed by atoms with Crippen molar-refractivity contribution in [1.82, 2.24) is 4.57 Å². The highest BCUT2D eigenvalue weighted by atomic mass is 16.2. The van der Waals surface area contributed by atoms with Gasteiger partial charge in [-0.05, 0) is 12.1 Å². The first kappa shape index (κ1) is 14.4. The molecule has 0 fully saturated rings. The van der Waals surface area contributed by atoms with Crippen molar-refractivity contribution >= 4 is 33.5 Å². The summed E-state index contributed by atoms with van der Waals surface area (Å²) in [4.78, 5) is 25.3. The van der Waals surface area contributed by atoms with Crippen molar-refractivity contribution in [1.29, 1.82) is 0 Å². The summed E-state index contributed by atoms with van der Waals surface area (Å²) in [5.41, 5.74) is 2.67. The highest BCUT2D eigenvalue weighted by Crippen LogP contribution is 2.32. The number of ketones is 1. The number of hydrogen-bond donors (Lipinski definition) is 0. The van der Waals surface area contributed by atoms with Gasteiger partial charge in [-0.3, -0.25) is 14.2 Å². The molecular weight excluding hydrogens is 298 g/mol. The van der Waals surface area contributed by atoms with Crippen LogP contribution in [0.1, 0.15) is 27.6 Å².